The van der Waals surface area contributed by atoms with Crippen LogP contribution in [-0.4, -0.2) is 15.2 Å². The van der Waals surface area contributed by atoms with Gasteiger partial charge in [0.05, 0.1) is 5.69 Å². The lowest BCUT2D eigenvalue weighted by molar-refractivity contribution is 0.260. The maximum absolute atomic E-state index is 14.1. The topological polar surface area (TPSA) is 97.4 Å². The van der Waals surface area contributed by atoms with E-state index in [-0.39, 0.29) is 4.21 Å². The lowest BCUT2D eigenvalue weighted by Crippen LogP contribution is -2.19. The van der Waals surface area contributed by atoms with E-state index in [1.54, 1.807) is 0 Å². The van der Waals surface area contributed by atoms with Gasteiger partial charge in [-0.3, -0.25) is 4.98 Å². The van der Waals surface area contributed by atoms with E-state index in [1.165, 1.54) is 6.07 Å². The van der Waals surface area contributed by atoms with Crippen LogP contribution in [0.5, 0.6) is 0 Å². The van der Waals surface area contributed by atoms with E-state index < -0.39 is 21.8 Å². The molecule has 2 amide bonds. The number of aromatic nitrogens is 1. The Morgan fingerprint density at radius 2 is 2.21 bits per heavy atom. The highest BCUT2D eigenvalue weighted by Crippen LogP contribution is 2.41. The zero-order valence-electron chi connectivity index (χ0n) is 15.9. The van der Waals surface area contributed by atoms with Crippen LogP contribution < -0.4 is 10.5 Å². The Morgan fingerprint density at radius 3 is 2.93 bits per heavy atom. The van der Waals surface area contributed by atoms with Crippen LogP contribution in [0.4, 0.5) is 14.9 Å². The van der Waals surface area contributed by atoms with E-state index in [0.717, 1.165) is 71.6 Å². The van der Waals surface area contributed by atoms with Crippen LogP contribution in [0.3, 0.4) is 0 Å². The van der Waals surface area contributed by atoms with Crippen LogP contribution in [0.15, 0.2) is 14.6 Å². The molecule has 2 atom stereocenters. The van der Waals surface area contributed by atoms with Crippen LogP contribution >= 0.6 is 11.3 Å². The van der Waals surface area contributed by atoms with E-state index >= 15 is 0 Å². The fourth-order valence-electron chi connectivity index (χ4n) is 4.02. The van der Waals surface area contributed by atoms with Crippen molar-refractivity contribution in [2.24, 2.45) is 9.50 Å². The molecule has 2 aliphatic carbocycles. The fraction of sp³-hybridized carbons (Fsp3) is 0.474. The Bertz CT molecular complexity index is 1090. The number of anilines is 1. The van der Waals surface area contributed by atoms with Crippen LogP contribution in [0.2, 0.25) is 0 Å². The van der Waals surface area contributed by atoms with Crippen molar-refractivity contribution in [3.05, 3.63) is 39.3 Å². The molecule has 150 valence electrons. The SMILES string of the molecule is CCc1cc(F)c(S(N)(=O)=NC(=O)Nc2c3c(nc4c2CC[C@H]4C)CCC3)s1. The molecular formula is C19H23FN4O2S2. The Labute approximate surface area is 168 Å². The molecule has 0 aliphatic heterocycles. The van der Waals surface area contributed by atoms with E-state index in [1.807, 2.05) is 6.92 Å². The number of rotatable bonds is 3. The minimum absolute atomic E-state index is 0.182. The number of urea groups is 1. The molecular weight excluding hydrogens is 399 g/mol. The second-order valence-corrected chi connectivity index (χ2v) is 10.5. The molecule has 6 nitrogen and oxygen atoms in total. The second-order valence-electron chi connectivity index (χ2n) is 7.36. The molecule has 1 unspecified atom stereocenters. The molecule has 0 fully saturated rings. The summed E-state index contributed by atoms with van der Waals surface area (Å²) in [5.74, 6) is -0.328. The van der Waals surface area contributed by atoms with E-state index in [9.17, 15) is 13.4 Å². The number of hydrogen-bond donors (Lipinski definition) is 2. The molecule has 4 rings (SSSR count). The lowest BCUT2D eigenvalue weighted by atomic mass is 10.0. The van der Waals surface area contributed by atoms with Crippen molar-refractivity contribution in [3.63, 3.8) is 0 Å². The number of pyridine rings is 1. The summed E-state index contributed by atoms with van der Waals surface area (Å²) in [5.41, 5.74) is 4.87. The van der Waals surface area contributed by atoms with Crippen molar-refractivity contribution in [1.29, 1.82) is 0 Å². The van der Waals surface area contributed by atoms with Gasteiger partial charge in [-0.25, -0.2) is 18.5 Å². The summed E-state index contributed by atoms with van der Waals surface area (Å²) >= 11 is 0.996. The van der Waals surface area contributed by atoms with Crippen LogP contribution in [0.25, 0.3) is 0 Å². The first kappa shape index (κ1) is 19.5. The van der Waals surface area contributed by atoms with Crippen LogP contribution in [0, 0.1) is 5.82 Å². The number of nitrogens with one attached hydrogen (secondary N) is 1. The Hall–Kier alpha value is -1.84. The average molecular weight is 423 g/mol. The number of carbonyl (C=O) groups excluding carboxylic acids is 1. The van der Waals surface area contributed by atoms with Gasteiger partial charge in [0.1, 0.15) is 0 Å². The molecule has 2 aromatic rings. The first-order valence-corrected chi connectivity index (χ1v) is 11.9. The quantitative estimate of drug-likeness (QED) is 0.771. The van der Waals surface area contributed by atoms with Crippen LogP contribution in [-0.2, 0) is 35.6 Å². The third-order valence-electron chi connectivity index (χ3n) is 5.42. The van der Waals surface area contributed by atoms with E-state index in [0.29, 0.717) is 17.2 Å². The van der Waals surface area contributed by atoms with Gasteiger partial charge >= 0.3 is 6.03 Å². The Morgan fingerprint density at radius 1 is 1.43 bits per heavy atom. The third kappa shape index (κ3) is 3.35. The van der Waals surface area contributed by atoms with Crippen molar-refractivity contribution in [2.45, 2.75) is 62.5 Å². The summed E-state index contributed by atoms with van der Waals surface area (Å²) in [7, 11) is -3.65. The molecule has 0 bridgehead atoms. The number of aryl methyl sites for hydroxylation is 2. The average Bonchev–Trinajstić information content (AvgIpc) is 3.33. The fourth-order valence-corrected chi connectivity index (χ4v) is 6.34. The molecule has 2 aliphatic rings. The second kappa shape index (κ2) is 7.20. The highest BCUT2D eigenvalue weighted by molar-refractivity contribution is 7.93. The van der Waals surface area contributed by atoms with Crippen molar-refractivity contribution in [3.8, 4) is 0 Å². The smallest absolute Gasteiger partial charge is 0.305 e. The molecule has 28 heavy (non-hydrogen) atoms. The van der Waals surface area contributed by atoms with E-state index in [4.69, 9.17) is 10.1 Å². The third-order valence-corrected chi connectivity index (χ3v) is 8.60. The highest BCUT2D eigenvalue weighted by atomic mass is 32.2. The molecule has 2 aromatic heterocycles. The number of carbonyl (C=O) groups is 1. The number of thiophene rings is 1. The summed E-state index contributed by atoms with van der Waals surface area (Å²) in [4.78, 5) is 18.1. The van der Waals surface area contributed by atoms with Gasteiger partial charge in [-0.15, -0.1) is 15.7 Å². The van der Waals surface area contributed by atoms with Gasteiger partial charge in [-0.1, -0.05) is 13.8 Å². The number of fused-ring (bicyclic) bond motifs is 2. The number of hydrogen-bond acceptors (Lipinski definition) is 4. The molecule has 0 saturated heterocycles. The first-order chi connectivity index (χ1) is 13.3. The van der Waals surface area contributed by atoms with Crippen molar-refractivity contribution < 1.29 is 13.4 Å². The van der Waals surface area contributed by atoms with Crippen molar-refractivity contribution in [2.75, 3.05) is 5.32 Å². The van der Waals surface area contributed by atoms with Gasteiger partial charge < -0.3 is 5.32 Å². The number of nitrogens with two attached hydrogens (primary N) is 1. The molecule has 0 saturated carbocycles. The summed E-state index contributed by atoms with van der Waals surface area (Å²) in [6.45, 7) is 4.00. The Balaban J connectivity index is 1.70. The molecule has 0 aromatic carbocycles. The first-order valence-electron chi connectivity index (χ1n) is 9.48. The van der Waals surface area contributed by atoms with Gasteiger partial charge in [0, 0.05) is 16.3 Å². The van der Waals surface area contributed by atoms with Crippen molar-refractivity contribution >= 4 is 33.0 Å². The normalized spacial score (nSPS) is 19.8. The largest absolute Gasteiger partial charge is 0.354 e. The monoisotopic (exact) mass is 422 g/mol. The number of halogens is 1. The molecule has 3 N–H and O–H groups in total. The van der Waals surface area contributed by atoms with E-state index in [2.05, 4.69) is 16.6 Å². The standard InChI is InChI=1S/C19H23FN4O2S2/c1-3-11-9-14(20)18(27-11)28(21,26)24-19(25)23-17-12-5-4-6-15(12)22-16-10(2)7-8-13(16)17/h9-10H,3-8H2,1-2H3,(H3,21,22,23,24,25,26)/t10-,28?/m1/s1. The molecule has 2 heterocycles. The zero-order chi connectivity index (χ0) is 20.1. The minimum atomic E-state index is -3.65. The lowest BCUT2D eigenvalue weighted by Gasteiger charge is -2.15. The van der Waals surface area contributed by atoms with Gasteiger partial charge in [-0.05, 0) is 61.6 Å². The predicted molar refractivity (Wildman–Crippen MR) is 109 cm³/mol. The Kier molecular flexibility index (Phi) is 5.01. The van der Waals surface area contributed by atoms with Gasteiger partial charge in [0.2, 0.25) is 0 Å². The summed E-state index contributed by atoms with van der Waals surface area (Å²) < 4.78 is 30.4. The molecule has 0 radical (unpaired) electrons. The van der Waals surface area contributed by atoms with Gasteiger partial charge in [0.15, 0.2) is 19.9 Å². The van der Waals surface area contributed by atoms with Gasteiger partial charge in [-0.2, -0.15) is 0 Å². The van der Waals surface area contributed by atoms with Crippen LogP contribution in [0.1, 0.15) is 60.0 Å². The zero-order valence-corrected chi connectivity index (χ0v) is 17.5. The van der Waals surface area contributed by atoms with Gasteiger partial charge in [0.25, 0.3) is 0 Å². The number of amides is 2. The predicted octanol–water partition coefficient (Wildman–Crippen LogP) is 4.32. The number of nitrogens with zero attached hydrogens (tertiary/aromatic N) is 2. The van der Waals surface area contributed by atoms with Crippen molar-refractivity contribution in [1.82, 2.24) is 4.98 Å². The molecule has 9 heteroatoms. The minimum Gasteiger partial charge on any atom is -0.305 e. The summed E-state index contributed by atoms with van der Waals surface area (Å²) in [5, 5.41) is 8.57. The maximum atomic E-state index is 14.1. The highest BCUT2D eigenvalue weighted by Gasteiger charge is 2.30. The molecule has 0 spiro atoms. The summed E-state index contributed by atoms with van der Waals surface area (Å²) in [6, 6.07) is 0.490. The summed E-state index contributed by atoms with van der Waals surface area (Å²) in [6.07, 6.45) is 5.15. The maximum Gasteiger partial charge on any atom is 0.354 e.